The number of ether oxygens (including phenoxy) is 1. The van der Waals surface area contributed by atoms with Crippen LogP contribution in [-0.2, 0) is 0 Å². The van der Waals surface area contributed by atoms with Crippen LogP contribution in [0.5, 0.6) is 5.75 Å². The normalized spacial score (nSPS) is 12.8. The van der Waals surface area contributed by atoms with Crippen LogP contribution in [0.25, 0.3) is 0 Å². The molecule has 4 heteroatoms. The average molecular weight is 301 g/mol. The second-order valence-corrected chi connectivity index (χ2v) is 5.16. The summed E-state index contributed by atoms with van der Waals surface area (Å²) in [5, 5.41) is 0. The Balaban J connectivity index is 2.90. The molecule has 0 aliphatic carbocycles. The van der Waals surface area contributed by atoms with E-state index < -0.39 is 0 Å². The van der Waals surface area contributed by atoms with Crippen molar-refractivity contribution in [2.75, 3.05) is 27.7 Å². The Morgan fingerprint density at radius 2 is 2.12 bits per heavy atom. The molecule has 96 valence electrons. The molecule has 1 aromatic carbocycles. The third-order valence-electron chi connectivity index (χ3n) is 2.87. The Bertz CT molecular complexity index is 355. The van der Waals surface area contributed by atoms with Crippen molar-refractivity contribution in [3.8, 4) is 5.75 Å². The van der Waals surface area contributed by atoms with Crippen LogP contribution in [0, 0.1) is 0 Å². The number of methoxy groups -OCH3 is 1. The van der Waals surface area contributed by atoms with E-state index in [1.54, 1.807) is 7.11 Å². The van der Waals surface area contributed by atoms with Gasteiger partial charge in [-0.15, -0.1) is 0 Å². The molecule has 0 amide bonds. The molecule has 0 radical (unpaired) electrons. The summed E-state index contributed by atoms with van der Waals surface area (Å²) in [5.41, 5.74) is 6.87. The molecule has 1 atom stereocenters. The maximum Gasteiger partial charge on any atom is 0.133 e. The summed E-state index contributed by atoms with van der Waals surface area (Å²) < 4.78 is 6.24. The third kappa shape index (κ3) is 3.98. The van der Waals surface area contributed by atoms with Crippen LogP contribution in [0.4, 0.5) is 0 Å². The maximum atomic E-state index is 5.58. The maximum absolute atomic E-state index is 5.58. The van der Waals surface area contributed by atoms with Crippen LogP contribution in [0.2, 0.25) is 0 Å². The van der Waals surface area contributed by atoms with Gasteiger partial charge in [0.2, 0.25) is 0 Å². The Labute approximate surface area is 112 Å². The molecular formula is C13H21BrN2O. The van der Waals surface area contributed by atoms with Crippen molar-refractivity contribution in [1.29, 1.82) is 0 Å². The molecule has 1 rings (SSSR count). The lowest BCUT2D eigenvalue weighted by Crippen LogP contribution is -2.21. The van der Waals surface area contributed by atoms with Gasteiger partial charge in [0, 0.05) is 6.04 Å². The molecule has 17 heavy (non-hydrogen) atoms. The van der Waals surface area contributed by atoms with Crippen molar-refractivity contribution in [2.45, 2.75) is 18.9 Å². The highest BCUT2D eigenvalue weighted by Crippen LogP contribution is 2.31. The molecule has 1 aromatic rings. The van der Waals surface area contributed by atoms with Crippen LogP contribution in [-0.4, -0.2) is 32.6 Å². The van der Waals surface area contributed by atoms with E-state index in [0.717, 1.165) is 29.6 Å². The molecule has 0 bridgehead atoms. The number of hydrogen-bond acceptors (Lipinski definition) is 3. The number of nitrogens with two attached hydrogens (primary N) is 1. The minimum Gasteiger partial charge on any atom is -0.496 e. The lowest BCUT2D eigenvalue weighted by atomic mass is 10.0. The smallest absolute Gasteiger partial charge is 0.133 e. The van der Waals surface area contributed by atoms with Gasteiger partial charge in [0.1, 0.15) is 5.75 Å². The first-order chi connectivity index (χ1) is 8.10. The van der Waals surface area contributed by atoms with Gasteiger partial charge in [-0.25, -0.2) is 0 Å². The first kappa shape index (κ1) is 14.5. The summed E-state index contributed by atoms with van der Waals surface area (Å²) >= 11 is 3.52. The molecule has 0 heterocycles. The van der Waals surface area contributed by atoms with Gasteiger partial charge in [-0.05, 0) is 67.1 Å². The number of nitrogens with zero attached hydrogens (tertiary/aromatic N) is 1. The lowest BCUT2D eigenvalue weighted by molar-refractivity contribution is 0.280. The highest BCUT2D eigenvalue weighted by atomic mass is 79.9. The SMILES string of the molecule is COc1ccc(C(CCCN)N(C)C)cc1Br. The number of rotatable bonds is 6. The second-order valence-electron chi connectivity index (χ2n) is 4.30. The third-order valence-corrected chi connectivity index (χ3v) is 3.49. The van der Waals surface area contributed by atoms with Gasteiger partial charge in [0.25, 0.3) is 0 Å². The molecule has 1 unspecified atom stereocenters. The second kappa shape index (κ2) is 6.99. The molecule has 2 N–H and O–H groups in total. The van der Waals surface area contributed by atoms with E-state index in [4.69, 9.17) is 10.5 Å². The van der Waals surface area contributed by atoms with E-state index in [0.29, 0.717) is 6.04 Å². The van der Waals surface area contributed by atoms with E-state index in [-0.39, 0.29) is 0 Å². The zero-order valence-corrected chi connectivity index (χ0v) is 12.3. The largest absolute Gasteiger partial charge is 0.496 e. The Hall–Kier alpha value is -0.580. The van der Waals surface area contributed by atoms with Crippen molar-refractivity contribution < 1.29 is 4.74 Å². The van der Waals surface area contributed by atoms with Gasteiger partial charge in [0.15, 0.2) is 0 Å². The summed E-state index contributed by atoms with van der Waals surface area (Å²) in [7, 11) is 5.87. The predicted molar refractivity (Wildman–Crippen MR) is 75.4 cm³/mol. The van der Waals surface area contributed by atoms with Crippen molar-refractivity contribution >= 4 is 15.9 Å². The summed E-state index contributed by atoms with van der Waals surface area (Å²) in [6.45, 7) is 0.738. The molecule has 0 fully saturated rings. The van der Waals surface area contributed by atoms with Crippen molar-refractivity contribution in [1.82, 2.24) is 4.90 Å². The van der Waals surface area contributed by atoms with E-state index in [1.807, 2.05) is 6.07 Å². The zero-order valence-electron chi connectivity index (χ0n) is 10.7. The number of benzene rings is 1. The lowest BCUT2D eigenvalue weighted by Gasteiger charge is -2.25. The van der Waals surface area contributed by atoms with Gasteiger partial charge in [0.05, 0.1) is 11.6 Å². The van der Waals surface area contributed by atoms with Crippen molar-refractivity contribution in [2.24, 2.45) is 5.73 Å². The molecule has 3 nitrogen and oxygen atoms in total. The van der Waals surface area contributed by atoms with Crippen LogP contribution in [0.3, 0.4) is 0 Å². The monoisotopic (exact) mass is 300 g/mol. The van der Waals surface area contributed by atoms with Crippen LogP contribution in [0.15, 0.2) is 22.7 Å². The topological polar surface area (TPSA) is 38.5 Å². The van der Waals surface area contributed by atoms with E-state index in [2.05, 4.69) is 47.1 Å². The fourth-order valence-electron chi connectivity index (χ4n) is 1.92. The average Bonchev–Trinajstić information content (AvgIpc) is 2.29. The minimum absolute atomic E-state index is 0.403. The van der Waals surface area contributed by atoms with Crippen LogP contribution >= 0.6 is 15.9 Å². The van der Waals surface area contributed by atoms with Crippen molar-refractivity contribution in [3.63, 3.8) is 0 Å². The highest BCUT2D eigenvalue weighted by Gasteiger charge is 2.14. The Morgan fingerprint density at radius 3 is 2.59 bits per heavy atom. The van der Waals surface area contributed by atoms with Gasteiger partial charge >= 0.3 is 0 Å². The zero-order chi connectivity index (χ0) is 12.8. The first-order valence-electron chi connectivity index (χ1n) is 5.80. The number of hydrogen-bond donors (Lipinski definition) is 1. The summed E-state index contributed by atoms with van der Waals surface area (Å²) in [5.74, 6) is 0.866. The van der Waals surface area contributed by atoms with Gasteiger partial charge in [-0.3, -0.25) is 0 Å². The van der Waals surface area contributed by atoms with Gasteiger partial charge in [-0.2, -0.15) is 0 Å². The van der Waals surface area contributed by atoms with Gasteiger partial charge in [-0.1, -0.05) is 6.07 Å². The molecular weight excluding hydrogens is 280 g/mol. The number of halogens is 1. The molecule has 0 aliphatic rings. The molecule has 0 aromatic heterocycles. The van der Waals surface area contributed by atoms with E-state index in [1.165, 1.54) is 5.56 Å². The van der Waals surface area contributed by atoms with E-state index >= 15 is 0 Å². The quantitative estimate of drug-likeness (QED) is 0.878. The minimum atomic E-state index is 0.403. The van der Waals surface area contributed by atoms with Crippen LogP contribution in [0.1, 0.15) is 24.4 Å². The molecule has 0 saturated heterocycles. The standard InChI is InChI=1S/C13H21BrN2O/c1-16(2)12(5-4-8-15)10-6-7-13(17-3)11(14)9-10/h6-7,9,12H,4-5,8,15H2,1-3H3. The molecule has 0 saturated carbocycles. The first-order valence-corrected chi connectivity index (χ1v) is 6.59. The summed E-state index contributed by atoms with van der Waals surface area (Å²) in [6.07, 6.45) is 2.11. The highest BCUT2D eigenvalue weighted by molar-refractivity contribution is 9.10. The fourth-order valence-corrected chi connectivity index (χ4v) is 2.48. The van der Waals surface area contributed by atoms with Crippen molar-refractivity contribution in [3.05, 3.63) is 28.2 Å². The molecule has 0 aliphatic heterocycles. The Morgan fingerprint density at radius 1 is 1.41 bits per heavy atom. The fraction of sp³-hybridized carbons (Fsp3) is 0.538. The Kier molecular flexibility index (Phi) is 5.95. The predicted octanol–water partition coefficient (Wildman–Crippen LogP) is 2.80. The summed E-state index contributed by atoms with van der Waals surface area (Å²) in [6, 6.07) is 6.64. The molecule has 0 spiro atoms. The van der Waals surface area contributed by atoms with E-state index in [9.17, 15) is 0 Å². The summed E-state index contributed by atoms with van der Waals surface area (Å²) in [4.78, 5) is 2.23. The van der Waals surface area contributed by atoms with Crippen LogP contribution < -0.4 is 10.5 Å². The van der Waals surface area contributed by atoms with Gasteiger partial charge < -0.3 is 15.4 Å².